The van der Waals surface area contributed by atoms with Crippen LogP contribution >= 0.6 is 15.6 Å². The second-order valence-electron chi connectivity index (χ2n) is 3.08. The van der Waals surface area contributed by atoms with Crippen molar-refractivity contribution in [2.45, 2.75) is 37.7 Å². The summed E-state index contributed by atoms with van der Waals surface area (Å²) in [6.45, 7) is 1.72. The van der Waals surface area contributed by atoms with Gasteiger partial charge in [-0.15, -0.1) is 0 Å². The van der Waals surface area contributed by atoms with Gasteiger partial charge in [0, 0.05) is 0 Å². The van der Waals surface area contributed by atoms with Crippen LogP contribution in [-0.4, -0.2) is 31.3 Å². The normalized spacial score (nSPS) is 18.9. The number of aliphatic hydroxyl groups is 1. The molecule has 14 heavy (non-hydrogen) atoms. The molecule has 0 aliphatic heterocycles. The summed E-state index contributed by atoms with van der Waals surface area (Å²) in [6, 6.07) is 0. The zero-order valence-electron chi connectivity index (χ0n) is 7.83. The third-order valence-corrected chi connectivity index (χ3v) is 5.54. The lowest BCUT2D eigenvalue weighted by Gasteiger charge is -2.16. The van der Waals surface area contributed by atoms with Crippen molar-refractivity contribution >= 4 is 15.6 Å². The van der Waals surface area contributed by atoms with E-state index >= 15 is 0 Å². The smallest absolute Gasteiger partial charge is 0.337 e. The third-order valence-electron chi connectivity index (χ3n) is 1.94. The molecule has 0 radical (unpaired) electrons. The Morgan fingerprint density at radius 2 is 1.86 bits per heavy atom. The van der Waals surface area contributed by atoms with Gasteiger partial charge in [-0.1, -0.05) is 6.92 Å². The Morgan fingerprint density at radius 1 is 1.36 bits per heavy atom. The zero-order valence-corrected chi connectivity index (χ0v) is 9.72. The monoisotopic (exact) mass is 246 g/mol. The predicted molar refractivity (Wildman–Crippen MR) is 52.6 cm³/mol. The fourth-order valence-corrected chi connectivity index (χ4v) is 3.04. The largest absolute Gasteiger partial charge is 0.393 e. The molecule has 0 aromatic heterocycles. The van der Waals surface area contributed by atoms with Gasteiger partial charge in [-0.05, 0) is 19.3 Å². The van der Waals surface area contributed by atoms with Gasteiger partial charge in [0.25, 0.3) is 0 Å². The summed E-state index contributed by atoms with van der Waals surface area (Å²) in [5, 5.41) is 7.61. The van der Waals surface area contributed by atoms with Crippen molar-refractivity contribution in [1.29, 1.82) is 0 Å². The van der Waals surface area contributed by atoms with Gasteiger partial charge in [0.1, 0.15) is 5.40 Å². The summed E-state index contributed by atoms with van der Waals surface area (Å²) in [7, 11) is -7.79. The molecule has 0 bridgehead atoms. The van der Waals surface area contributed by atoms with Crippen LogP contribution in [0.15, 0.2) is 0 Å². The molecule has 3 unspecified atom stereocenters. The molecule has 0 aliphatic carbocycles. The van der Waals surface area contributed by atoms with Crippen molar-refractivity contribution in [2.75, 3.05) is 0 Å². The lowest BCUT2D eigenvalue weighted by Crippen LogP contribution is -2.10. The summed E-state index contributed by atoms with van der Waals surface area (Å²) < 4.78 is 21.4. The van der Waals surface area contributed by atoms with Gasteiger partial charge in [-0.3, -0.25) is 9.13 Å². The van der Waals surface area contributed by atoms with Gasteiger partial charge in [0.05, 0.1) is 6.10 Å². The summed E-state index contributed by atoms with van der Waals surface area (Å²) >= 11 is 0. The molecule has 0 saturated heterocycles. The Hall–Kier alpha value is 0.300. The van der Waals surface area contributed by atoms with Crippen molar-refractivity contribution < 1.29 is 28.9 Å². The minimum Gasteiger partial charge on any atom is -0.393 e. The maximum absolute atomic E-state index is 10.8. The molecule has 0 aliphatic rings. The fourth-order valence-electron chi connectivity index (χ4n) is 0.990. The third kappa shape index (κ3) is 5.25. The first kappa shape index (κ1) is 14.3. The molecule has 0 spiro atoms. The number of hydrogen-bond acceptors (Lipinski definition) is 3. The van der Waals surface area contributed by atoms with Gasteiger partial charge in [-0.25, -0.2) is 0 Å². The van der Waals surface area contributed by atoms with E-state index in [2.05, 4.69) is 0 Å². The first-order valence-electron chi connectivity index (χ1n) is 4.25. The molecule has 0 rings (SSSR count). The maximum Gasteiger partial charge on any atom is 0.337 e. The Balaban J connectivity index is 4.27. The Kier molecular flexibility index (Phi) is 6.14. The lowest BCUT2D eigenvalue weighted by molar-refractivity contribution is 0.158. The van der Waals surface area contributed by atoms with E-state index < -0.39 is 27.1 Å². The van der Waals surface area contributed by atoms with Crippen LogP contribution < -0.4 is 0 Å². The minimum atomic E-state index is -4.53. The highest BCUT2D eigenvalue weighted by atomic mass is 31.2. The van der Waals surface area contributed by atoms with Crippen LogP contribution in [0.2, 0.25) is 0 Å². The minimum absolute atomic E-state index is 0.128. The van der Waals surface area contributed by atoms with Crippen LogP contribution in [0.25, 0.3) is 0 Å². The van der Waals surface area contributed by atoms with E-state index in [1.807, 2.05) is 0 Å². The molecular formula is C6H16O6P2. The van der Waals surface area contributed by atoms with Crippen LogP contribution in [0.4, 0.5) is 0 Å². The standard InChI is InChI=1S/C6H16O6P2/c1-2-5(7)3-4-6(13(8)9)14(10,11)12/h5-7,13H,2-4H2,1H3,(H,8,9)(H2,10,11,12). The number of rotatable bonds is 6. The molecule has 86 valence electrons. The first-order valence-corrected chi connectivity index (χ1v) is 7.36. The first-order chi connectivity index (χ1) is 6.29. The van der Waals surface area contributed by atoms with Crippen molar-refractivity contribution in [3.05, 3.63) is 0 Å². The van der Waals surface area contributed by atoms with Crippen molar-refractivity contribution in [3.63, 3.8) is 0 Å². The van der Waals surface area contributed by atoms with E-state index in [1.54, 1.807) is 6.92 Å². The quantitative estimate of drug-likeness (QED) is 0.507. The van der Waals surface area contributed by atoms with Crippen LogP contribution in [0, 0.1) is 0 Å². The highest BCUT2D eigenvalue weighted by Gasteiger charge is 2.33. The Bertz CT molecular complexity index is 236. The van der Waals surface area contributed by atoms with E-state index in [0.29, 0.717) is 6.42 Å². The average Bonchev–Trinajstić information content (AvgIpc) is 2.01. The highest BCUT2D eigenvalue weighted by molar-refractivity contribution is 7.65. The van der Waals surface area contributed by atoms with Crippen LogP contribution in [0.5, 0.6) is 0 Å². The molecule has 0 heterocycles. The summed E-state index contributed by atoms with van der Waals surface area (Å²) in [6.07, 6.45) is -0.220. The van der Waals surface area contributed by atoms with Gasteiger partial charge in [0.15, 0.2) is 0 Å². The maximum atomic E-state index is 10.8. The van der Waals surface area contributed by atoms with Crippen molar-refractivity contribution in [1.82, 2.24) is 0 Å². The summed E-state index contributed by atoms with van der Waals surface area (Å²) in [4.78, 5) is 26.2. The van der Waals surface area contributed by atoms with Crippen LogP contribution in [0.1, 0.15) is 26.2 Å². The molecule has 0 fully saturated rings. The Morgan fingerprint density at radius 3 is 2.14 bits per heavy atom. The second kappa shape index (κ2) is 6.01. The number of hydrogen-bond donors (Lipinski definition) is 4. The van der Waals surface area contributed by atoms with E-state index in [-0.39, 0.29) is 12.8 Å². The Labute approximate surface area is 83.0 Å². The molecule has 0 saturated carbocycles. The van der Waals surface area contributed by atoms with Gasteiger partial charge in [-0.2, -0.15) is 0 Å². The molecule has 6 nitrogen and oxygen atoms in total. The lowest BCUT2D eigenvalue weighted by atomic mass is 10.2. The predicted octanol–water partition coefficient (Wildman–Crippen LogP) is 0.508. The van der Waals surface area contributed by atoms with Crippen molar-refractivity contribution in [3.8, 4) is 0 Å². The molecule has 0 aromatic carbocycles. The van der Waals surface area contributed by atoms with Crippen LogP contribution in [-0.2, 0) is 9.13 Å². The fraction of sp³-hybridized carbons (Fsp3) is 1.00. The van der Waals surface area contributed by atoms with Gasteiger partial charge < -0.3 is 19.8 Å². The zero-order chi connectivity index (χ0) is 11.4. The number of aliphatic hydroxyl groups excluding tert-OH is 1. The topological polar surface area (TPSA) is 115 Å². The van der Waals surface area contributed by atoms with E-state index in [4.69, 9.17) is 19.8 Å². The molecular weight excluding hydrogens is 230 g/mol. The second-order valence-corrected chi connectivity index (χ2v) is 6.74. The van der Waals surface area contributed by atoms with Crippen molar-refractivity contribution in [2.24, 2.45) is 0 Å². The summed E-state index contributed by atoms with van der Waals surface area (Å²) in [5.74, 6) is 0. The van der Waals surface area contributed by atoms with E-state index in [1.165, 1.54) is 0 Å². The average molecular weight is 246 g/mol. The van der Waals surface area contributed by atoms with Crippen LogP contribution in [0.3, 0.4) is 0 Å². The van der Waals surface area contributed by atoms with E-state index in [9.17, 15) is 9.13 Å². The molecule has 8 heteroatoms. The molecule has 0 amide bonds. The van der Waals surface area contributed by atoms with Gasteiger partial charge in [0.2, 0.25) is 8.03 Å². The molecule has 0 aromatic rings. The molecule has 4 N–H and O–H groups in total. The summed E-state index contributed by atoms with van der Waals surface area (Å²) in [5.41, 5.74) is 0. The highest BCUT2D eigenvalue weighted by Crippen LogP contribution is 2.53. The SMILES string of the molecule is CCC(O)CCC([PH](=O)O)P(=O)(O)O. The van der Waals surface area contributed by atoms with Gasteiger partial charge >= 0.3 is 7.60 Å². The van der Waals surface area contributed by atoms with E-state index in [0.717, 1.165) is 0 Å². The molecule has 3 atom stereocenters.